The molecule has 0 bridgehead atoms. The van der Waals surface area contributed by atoms with E-state index in [1.165, 1.54) is 0 Å². The van der Waals surface area contributed by atoms with Gasteiger partial charge >= 0.3 is 6.18 Å². The molecule has 3 rings (SSSR count). The molecule has 2 N–H and O–H groups in total. The number of carbonyl (C=O) groups excluding carboxylic acids is 1. The largest absolute Gasteiger partial charge is 0.422 e. The first kappa shape index (κ1) is 18.1. The Morgan fingerprint density at radius 2 is 2.12 bits per heavy atom. The van der Waals surface area contributed by atoms with Gasteiger partial charge in [-0.3, -0.25) is 14.5 Å². The average molecular weight is 359 g/mol. The SMILES string of the molecule is CCC(C)C(=O)C1(O)CN(C2CCc3c2n[nH]c(=O)c3C(F)(F)F)C1. The van der Waals surface area contributed by atoms with Gasteiger partial charge in [0.05, 0.1) is 11.7 Å². The molecule has 1 saturated heterocycles. The molecule has 2 aliphatic rings. The number of aliphatic hydroxyl groups is 1. The zero-order valence-electron chi connectivity index (χ0n) is 14.0. The quantitative estimate of drug-likeness (QED) is 0.850. The number of rotatable bonds is 4. The van der Waals surface area contributed by atoms with Gasteiger partial charge in [0.2, 0.25) is 0 Å². The van der Waals surface area contributed by atoms with Crippen LogP contribution >= 0.6 is 0 Å². The molecule has 2 heterocycles. The number of carbonyl (C=O) groups is 1. The van der Waals surface area contributed by atoms with E-state index in [1.54, 1.807) is 11.8 Å². The number of fused-ring (bicyclic) bond motifs is 1. The molecule has 2 atom stereocenters. The van der Waals surface area contributed by atoms with Gasteiger partial charge in [-0.2, -0.15) is 18.3 Å². The van der Waals surface area contributed by atoms with Crippen LogP contribution in [-0.2, 0) is 17.4 Å². The molecule has 6 nitrogen and oxygen atoms in total. The second-order valence-corrected chi connectivity index (χ2v) is 6.95. The zero-order valence-corrected chi connectivity index (χ0v) is 14.0. The molecule has 9 heteroatoms. The number of hydrogen-bond donors (Lipinski definition) is 2. The van der Waals surface area contributed by atoms with Gasteiger partial charge in [-0.05, 0) is 24.8 Å². The van der Waals surface area contributed by atoms with Crippen molar-refractivity contribution in [1.82, 2.24) is 15.1 Å². The van der Waals surface area contributed by atoms with E-state index in [9.17, 15) is 27.9 Å². The summed E-state index contributed by atoms with van der Waals surface area (Å²) < 4.78 is 39.4. The number of Topliss-reactive ketones (excluding diaryl/α,β-unsaturated/α-hetero) is 1. The second kappa shape index (κ2) is 5.91. The van der Waals surface area contributed by atoms with E-state index in [-0.39, 0.29) is 42.5 Å². The lowest BCUT2D eigenvalue weighted by atomic mass is 9.81. The van der Waals surface area contributed by atoms with E-state index in [2.05, 4.69) is 5.10 Å². The number of β-amino-alcohol motifs (C(OH)–C–C–N with tert-alkyl or cyclic N) is 1. The Morgan fingerprint density at radius 3 is 2.68 bits per heavy atom. The van der Waals surface area contributed by atoms with Crippen LogP contribution in [0, 0.1) is 5.92 Å². The molecule has 1 fully saturated rings. The third kappa shape index (κ3) is 2.89. The number of ketones is 1. The van der Waals surface area contributed by atoms with Crippen molar-refractivity contribution in [1.29, 1.82) is 0 Å². The Bertz CT molecular complexity index is 753. The summed E-state index contributed by atoms with van der Waals surface area (Å²) in [5.41, 5.74) is -3.77. The zero-order chi connectivity index (χ0) is 18.6. The maximum atomic E-state index is 13.1. The van der Waals surface area contributed by atoms with Crippen molar-refractivity contribution in [3.8, 4) is 0 Å². The predicted molar refractivity (Wildman–Crippen MR) is 81.9 cm³/mol. The molecule has 2 unspecified atom stereocenters. The van der Waals surface area contributed by atoms with Crippen molar-refractivity contribution in [3.05, 3.63) is 27.2 Å². The normalized spacial score (nSPS) is 23.8. The van der Waals surface area contributed by atoms with Crippen molar-refractivity contribution >= 4 is 5.78 Å². The third-order valence-corrected chi connectivity index (χ3v) is 5.27. The summed E-state index contributed by atoms with van der Waals surface area (Å²) in [7, 11) is 0. The van der Waals surface area contributed by atoms with Gasteiger partial charge < -0.3 is 5.11 Å². The molecule has 1 aromatic rings. The van der Waals surface area contributed by atoms with E-state index >= 15 is 0 Å². The molecule has 0 spiro atoms. The molecule has 0 radical (unpaired) electrons. The highest BCUT2D eigenvalue weighted by Crippen LogP contribution is 2.43. The molecular formula is C16H20F3N3O3. The Kier molecular flexibility index (Phi) is 4.27. The molecule has 0 amide bonds. The summed E-state index contributed by atoms with van der Waals surface area (Å²) >= 11 is 0. The number of H-pyrrole nitrogens is 1. The van der Waals surface area contributed by atoms with Crippen LogP contribution in [0.2, 0.25) is 0 Å². The van der Waals surface area contributed by atoms with Crippen molar-refractivity contribution in [3.63, 3.8) is 0 Å². The maximum Gasteiger partial charge on any atom is 0.422 e. The number of likely N-dealkylation sites (tertiary alicyclic amines) is 1. The summed E-state index contributed by atoms with van der Waals surface area (Å²) in [5.74, 6) is -0.510. The van der Waals surface area contributed by atoms with E-state index in [0.29, 0.717) is 12.8 Å². The number of hydrogen-bond acceptors (Lipinski definition) is 5. The number of aromatic amines is 1. The van der Waals surface area contributed by atoms with Crippen molar-refractivity contribution in [2.75, 3.05) is 13.1 Å². The van der Waals surface area contributed by atoms with Crippen LogP contribution in [0.25, 0.3) is 0 Å². The van der Waals surface area contributed by atoms with Gasteiger partial charge in [-0.1, -0.05) is 13.8 Å². The molecule has 1 aliphatic carbocycles. The summed E-state index contributed by atoms with van der Waals surface area (Å²) in [4.78, 5) is 25.5. The molecule has 138 valence electrons. The smallest absolute Gasteiger partial charge is 0.379 e. The first-order valence-corrected chi connectivity index (χ1v) is 8.28. The number of halogens is 3. The number of nitrogens with one attached hydrogen (secondary N) is 1. The van der Waals surface area contributed by atoms with Crippen molar-refractivity contribution < 1.29 is 23.1 Å². The summed E-state index contributed by atoms with van der Waals surface area (Å²) in [6.45, 7) is 3.75. The highest BCUT2D eigenvalue weighted by Gasteiger charge is 2.52. The lowest BCUT2D eigenvalue weighted by Gasteiger charge is -2.49. The molecule has 0 aromatic carbocycles. The van der Waals surface area contributed by atoms with Crippen LogP contribution in [0.15, 0.2) is 4.79 Å². The molecule has 1 aliphatic heterocycles. The first-order chi connectivity index (χ1) is 11.6. The number of aromatic nitrogens is 2. The van der Waals surface area contributed by atoms with Gasteiger partial charge in [0.25, 0.3) is 5.56 Å². The lowest BCUT2D eigenvalue weighted by molar-refractivity contribution is -0.165. The van der Waals surface area contributed by atoms with Crippen LogP contribution in [0.5, 0.6) is 0 Å². The molecule has 1 aromatic heterocycles. The minimum absolute atomic E-state index is 0.0719. The minimum atomic E-state index is -4.74. The maximum absolute atomic E-state index is 13.1. The van der Waals surface area contributed by atoms with Crippen molar-refractivity contribution in [2.24, 2.45) is 5.92 Å². The molecule has 0 saturated carbocycles. The fraction of sp³-hybridized carbons (Fsp3) is 0.688. The predicted octanol–water partition coefficient (Wildman–Crippen LogP) is 1.44. The summed E-state index contributed by atoms with van der Waals surface area (Å²) in [5, 5.41) is 16.2. The van der Waals surface area contributed by atoms with Crippen molar-refractivity contribution in [2.45, 2.75) is 50.9 Å². The van der Waals surface area contributed by atoms with E-state index < -0.39 is 28.9 Å². The van der Waals surface area contributed by atoms with E-state index in [1.807, 2.05) is 12.0 Å². The Labute approximate surface area is 142 Å². The highest BCUT2D eigenvalue weighted by molar-refractivity contribution is 5.90. The van der Waals surface area contributed by atoms with Crippen LogP contribution in [0.1, 0.15) is 49.6 Å². The fourth-order valence-corrected chi connectivity index (χ4v) is 3.75. The van der Waals surface area contributed by atoms with E-state index in [0.717, 1.165) is 0 Å². The standard InChI is InChI=1S/C16H20F3N3O3/c1-3-8(2)13(23)15(25)6-22(7-15)10-5-4-9-11(16(17,18)19)14(24)21-20-12(9)10/h8,10,25H,3-7H2,1-2H3,(H,21,24). The van der Waals surface area contributed by atoms with Crippen LogP contribution in [-0.4, -0.2) is 44.7 Å². The Balaban J connectivity index is 1.82. The van der Waals surface area contributed by atoms with Crippen LogP contribution in [0.4, 0.5) is 13.2 Å². The Morgan fingerprint density at radius 1 is 1.48 bits per heavy atom. The monoisotopic (exact) mass is 359 g/mol. The summed E-state index contributed by atoms with van der Waals surface area (Å²) in [6.07, 6.45) is -3.65. The van der Waals surface area contributed by atoms with E-state index in [4.69, 9.17) is 0 Å². The van der Waals surface area contributed by atoms with Gasteiger partial charge in [0.1, 0.15) is 11.2 Å². The number of alkyl halides is 3. The fourth-order valence-electron chi connectivity index (χ4n) is 3.75. The second-order valence-electron chi connectivity index (χ2n) is 6.95. The van der Waals surface area contributed by atoms with Gasteiger partial charge in [-0.25, -0.2) is 5.10 Å². The minimum Gasteiger partial charge on any atom is -0.379 e. The topological polar surface area (TPSA) is 86.3 Å². The first-order valence-electron chi connectivity index (χ1n) is 8.28. The number of nitrogens with zero attached hydrogens (tertiary/aromatic N) is 2. The highest BCUT2D eigenvalue weighted by atomic mass is 19.4. The van der Waals surface area contributed by atoms with Gasteiger partial charge in [-0.15, -0.1) is 0 Å². The molecular weight excluding hydrogens is 339 g/mol. The molecule has 25 heavy (non-hydrogen) atoms. The van der Waals surface area contributed by atoms with Crippen LogP contribution in [0.3, 0.4) is 0 Å². The third-order valence-electron chi connectivity index (χ3n) is 5.27. The average Bonchev–Trinajstić information content (AvgIpc) is 2.91. The van der Waals surface area contributed by atoms with Gasteiger partial charge in [0.15, 0.2) is 5.78 Å². The van der Waals surface area contributed by atoms with Gasteiger partial charge in [0, 0.05) is 19.0 Å². The Hall–Kier alpha value is -1.74. The van der Waals surface area contributed by atoms with Crippen LogP contribution < -0.4 is 5.56 Å². The lowest BCUT2D eigenvalue weighted by Crippen LogP contribution is -2.67. The summed E-state index contributed by atoms with van der Waals surface area (Å²) in [6, 6.07) is -0.432.